The Labute approximate surface area is 114 Å². The Kier molecular flexibility index (Phi) is 4.13. The van der Waals surface area contributed by atoms with Crippen LogP contribution in [0.1, 0.15) is 13.3 Å². The lowest BCUT2D eigenvalue weighted by atomic mass is 9.96. The summed E-state index contributed by atoms with van der Waals surface area (Å²) < 4.78 is 31.4. The van der Waals surface area contributed by atoms with E-state index in [0.29, 0.717) is 24.8 Å². The quantitative estimate of drug-likeness (QED) is 0.900. The SMILES string of the molecule is COc1ccc(S(=O)(=O)N2CCC(C)C(N)C2)cc1. The number of nitrogens with two attached hydrogens (primary N) is 1. The lowest BCUT2D eigenvalue weighted by molar-refractivity contribution is 0.253. The van der Waals surface area contributed by atoms with Crippen molar-refractivity contribution in [1.82, 2.24) is 4.31 Å². The number of nitrogens with zero attached hydrogens (tertiary/aromatic N) is 1. The summed E-state index contributed by atoms with van der Waals surface area (Å²) in [5.74, 6) is 1.00. The van der Waals surface area contributed by atoms with Crippen LogP contribution in [0.4, 0.5) is 0 Å². The van der Waals surface area contributed by atoms with Gasteiger partial charge in [0.2, 0.25) is 10.0 Å². The predicted molar refractivity (Wildman–Crippen MR) is 73.5 cm³/mol. The number of hydrogen-bond donors (Lipinski definition) is 1. The van der Waals surface area contributed by atoms with E-state index < -0.39 is 10.0 Å². The van der Waals surface area contributed by atoms with Gasteiger partial charge in [0, 0.05) is 19.1 Å². The third-order valence-electron chi connectivity index (χ3n) is 3.68. The average molecular weight is 284 g/mol. The van der Waals surface area contributed by atoms with Crippen LogP contribution in [0.2, 0.25) is 0 Å². The van der Waals surface area contributed by atoms with Gasteiger partial charge < -0.3 is 10.5 Å². The molecule has 106 valence electrons. The molecule has 5 nitrogen and oxygen atoms in total. The molecular weight excluding hydrogens is 264 g/mol. The molecule has 0 saturated carbocycles. The summed E-state index contributed by atoms with van der Waals surface area (Å²) in [5, 5.41) is 0. The highest BCUT2D eigenvalue weighted by molar-refractivity contribution is 7.89. The second kappa shape index (κ2) is 5.48. The maximum Gasteiger partial charge on any atom is 0.243 e. The molecule has 0 bridgehead atoms. The van der Waals surface area contributed by atoms with Crippen molar-refractivity contribution < 1.29 is 13.2 Å². The Balaban J connectivity index is 2.21. The van der Waals surface area contributed by atoms with Gasteiger partial charge in [-0.3, -0.25) is 0 Å². The highest BCUT2D eigenvalue weighted by atomic mass is 32.2. The van der Waals surface area contributed by atoms with Crippen molar-refractivity contribution in [2.45, 2.75) is 24.3 Å². The predicted octanol–water partition coefficient (Wildman–Crippen LogP) is 1.05. The van der Waals surface area contributed by atoms with Crippen LogP contribution in [0.15, 0.2) is 29.2 Å². The molecule has 1 aliphatic rings. The fourth-order valence-electron chi connectivity index (χ4n) is 2.18. The van der Waals surface area contributed by atoms with Crippen molar-refractivity contribution in [2.75, 3.05) is 20.2 Å². The molecule has 19 heavy (non-hydrogen) atoms. The summed E-state index contributed by atoms with van der Waals surface area (Å²) in [6.45, 7) is 2.97. The van der Waals surface area contributed by atoms with Crippen molar-refractivity contribution in [3.05, 3.63) is 24.3 Å². The van der Waals surface area contributed by atoms with Crippen LogP contribution in [0, 0.1) is 5.92 Å². The van der Waals surface area contributed by atoms with E-state index in [2.05, 4.69) is 6.92 Å². The lowest BCUT2D eigenvalue weighted by Gasteiger charge is -2.34. The number of sulfonamides is 1. The average Bonchev–Trinajstić information content (AvgIpc) is 2.41. The first-order chi connectivity index (χ1) is 8.95. The van der Waals surface area contributed by atoms with Crippen LogP contribution in [-0.2, 0) is 10.0 Å². The van der Waals surface area contributed by atoms with Crippen molar-refractivity contribution in [2.24, 2.45) is 11.7 Å². The molecule has 2 rings (SSSR count). The molecule has 2 atom stereocenters. The molecule has 1 fully saturated rings. The maximum atomic E-state index is 12.5. The summed E-state index contributed by atoms with van der Waals surface area (Å²) >= 11 is 0. The zero-order chi connectivity index (χ0) is 14.0. The van der Waals surface area contributed by atoms with Gasteiger partial charge in [-0.1, -0.05) is 6.92 Å². The van der Waals surface area contributed by atoms with E-state index in [1.807, 2.05) is 0 Å². The van der Waals surface area contributed by atoms with Crippen LogP contribution in [0.3, 0.4) is 0 Å². The van der Waals surface area contributed by atoms with Crippen molar-refractivity contribution in [3.63, 3.8) is 0 Å². The van der Waals surface area contributed by atoms with E-state index in [0.717, 1.165) is 6.42 Å². The van der Waals surface area contributed by atoms with Crippen LogP contribution in [0.5, 0.6) is 5.75 Å². The third kappa shape index (κ3) is 2.91. The molecule has 0 aromatic heterocycles. The minimum Gasteiger partial charge on any atom is -0.497 e. The van der Waals surface area contributed by atoms with E-state index in [4.69, 9.17) is 10.5 Å². The number of hydrogen-bond acceptors (Lipinski definition) is 4. The number of ether oxygens (including phenoxy) is 1. The van der Waals surface area contributed by atoms with Gasteiger partial charge in [-0.05, 0) is 36.6 Å². The van der Waals surface area contributed by atoms with Crippen LogP contribution in [0.25, 0.3) is 0 Å². The van der Waals surface area contributed by atoms with Crippen LogP contribution >= 0.6 is 0 Å². The molecule has 6 heteroatoms. The Morgan fingerprint density at radius 3 is 2.47 bits per heavy atom. The van der Waals surface area contributed by atoms with Gasteiger partial charge in [0.15, 0.2) is 0 Å². The van der Waals surface area contributed by atoms with Gasteiger partial charge in [-0.2, -0.15) is 4.31 Å². The first-order valence-electron chi connectivity index (χ1n) is 6.35. The van der Waals surface area contributed by atoms with Gasteiger partial charge in [-0.15, -0.1) is 0 Å². The Morgan fingerprint density at radius 1 is 1.32 bits per heavy atom. The fraction of sp³-hybridized carbons (Fsp3) is 0.538. The smallest absolute Gasteiger partial charge is 0.243 e. The lowest BCUT2D eigenvalue weighted by Crippen LogP contribution is -2.49. The molecule has 2 unspecified atom stereocenters. The molecule has 1 aliphatic heterocycles. The molecule has 0 spiro atoms. The van der Waals surface area contributed by atoms with Gasteiger partial charge in [0.05, 0.1) is 12.0 Å². The molecule has 1 saturated heterocycles. The molecule has 0 amide bonds. The van der Waals surface area contributed by atoms with Crippen LogP contribution < -0.4 is 10.5 Å². The number of piperidine rings is 1. The minimum absolute atomic E-state index is 0.0956. The van der Waals surface area contributed by atoms with E-state index in [1.54, 1.807) is 31.4 Å². The maximum absolute atomic E-state index is 12.5. The second-order valence-corrected chi connectivity index (χ2v) is 6.91. The number of benzene rings is 1. The molecule has 0 aliphatic carbocycles. The molecule has 0 radical (unpaired) electrons. The highest BCUT2D eigenvalue weighted by Crippen LogP contribution is 2.24. The molecule has 1 aromatic carbocycles. The summed E-state index contributed by atoms with van der Waals surface area (Å²) in [4.78, 5) is 0.287. The standard InChI is InChI=1S/C13H20N2O3S/c1-10-7-8-15(9-13(10)14)19(16,17)12-5-3-11(18-2)4-6-12/h3-6,10,13H,7-9,14H2,1-2H3. The topological polar surface area (TPSA) is 72.6 Å². The Bertz CT molecular complexity index is 527. The summed E-state index contributed by atoms with van der Waals surface area (Å²) in [7, 11) is -1.90. The van der Waals surface area contributed by atoms with E-state index >= 15 is 0 Å². The summed E-state index contributed by atoms with van der Waals surface area (Å²) in [6.07, 6.45) is 0.802. The first kappa shape index (κ1) is 14.3. The number of rotatable bonds is 3. The van der Waals surface area contributed by atoms with Crippen molar-refractivity contribution in [1.29, 1.82) is 0 Å². The zero-order valence-electron chi connectivity index (χ0n) is 11.2. The zero-order valence-corrected chi connectivity index (χ0v) is 12.1. The van der Waals surface area contributed by atoms with Gasteiger partial charge in [0.1, 0.15) is 5.75 Å². The Morgan fingerprint density at radius 2 is 1.95 bits per heavy atom. The van der Waals surface area contributed by atoms with E-state index in [1.165, 1.54) is 4.31 Å². The molecular formula is C13H20N2O3S. The van der Waals surface area contributed by atoms with Gasteiger partial charge in [-0.25, -0.2) is 8.42 Å². The monoisotopic (exact) mass is 284 g/mol. The highest BCUT2D eigenvalue weighted by Gasteiger charge is 2.31. The largest absolute Gasteiger partial charge is 0.497 e. The van der Waals surface area contributed by atoms with Gasteiger partial charge >= 0.3 is 0 Å². The summed E-state index contributed by atoms with van der Waals surface area (Å²) in [6, 6.07) is 6.34. The molecule has 1 heterocycles. The second-order valence-electron chi connectivity index (χ2n) is 4.97. The summed E-state index contributed by atoms with van der Waals surface area (Å²) in [5.41, 5.74) is 5.96. The molecule has 1 aromatic rings. The normalized spacial score (nSPS) is 25.2. The van der Waals surface area contributed by atoms with E-state index in [-0.39, 0.29) is 10.9 Å². The third-order valence-corrected chi connectivity index (χ3v) is 5.56. The minimum atomic E-state index is -3.45. The Hall–Kier alpha value is -1.11. The van der Waals surface area contributed by atoms with Crippen molar-refractivity contribution in [3.8, 4) is 5.75 Å². The van der Waals surface area contributed by atoms with E-state index in [9.17, 15) is 8.42 Å². The first-order valence-corrected chi connectivity index (χ1v) is 7.79. The van der Waals surface area contributed by atoms with Crippen molar-refractivity contribution >= 4 is 10.0 Å². The number of methoxy groups -OCH3 is 1. The van der Waals surface area contributed by atoms with Crippen LogP contribution in [-0.4, -0.2) is 39.0 Å². The molecule has 2 N–H and O–H groups in total. The fourth-order valence-corrected chi connectivity index (χ4v) is 3.68. The van der Waals surface area contributed by atoms with Gasteiger partial charge in [0.25, 0.3) is 0 Å².